The number of aryl methyl sites for hydroxylation is 1. The molecular weight excluding hydrogens is 304 g/mol. The van der Waals surface area contributed by atoms with Crippen molar-refractivity contribution in [3.63, 3.8) is 0 Å². The average molecular weight is 315 g/mol. The second-order valence-corrected chi connectivity index (χ2v) is 5.02. The second-order valence-electron chi connectivity index (χ2n) is 4.11. The van der Waals surface area contributed by atoms with Crippen molar-refractivity contribution >= 4 is 27.5 Å². The SMILES string of the molecule is Cc1ccc(Br)cc1C(=O)Nc1cccc(C#N)c1. The highest BCUT2D eigenvalue weighted by molar-refractivity contribution is 9.10. The van der Waals surface area contributed by atoms with Gasteiger partial charge in [0.25, 0.3) is 5.91 Å². The van der Waals surface area contributed by atoms with Crippen LogP contribution in [0.1, 0.15) is 21.5 Å². The molecule has 0 aliphatic heterocycles. The van der Waals surface area contributed by atoms with E-state index >= 15 is 0 Å². The van der Waals surface area contributed by atoms with Gasteiger partial charge in [-0.15, -0.1) is 0 Å². The molecule has 0 saturated heterocycles. The molecule has 2 rings (SSSR count). The van der Waals surface area contributed by atoms with Crippen molar-refractivity contribution in [1.29, 1.82) is 5.26 Å². The molecule has 0 heterocycles. The minimum absolute atomic E-state index is 0.186. The van der Waals surface area contributed by atoms with Crippen molar-refractivity contribution in [2.45, 2.75) is 6.92 Å². The van der Waals surface area contributed by atoms with Crippen LogP contribution in [-0.4, -0.2) is 5.91 Å². The molecule has 0 unspecified atom stereocenters. The lowest BCUT2D eigenvalue weighted by Crippen LogP contribution is -2.13. The minimum Gasteiger partial charge on any atom is -0.322 e. The van der Waals surface area contributed by atoms with Gasteiger partial charge in [0.1, 0.15) is 0 Å². The zero-order valence-electron chi connectivity index (χ0n) is 10.3. The van der Waals surface area contributed by atoms with Crippen molar-refractivity contribution in [3.05, 3.63) is 63.6 Å². The van der Waals surface area contributed by atoms with Crippen molar-refractivity contribution in [2.24, 2.45) is 0 Å². The monoisotopic (exact) mass is 314 g/mol. The molecule has 2 aromatic carbocycles. The van der Waals surface area contributed by atoms with E-state index < -0.39 is 0 Å². The molecule has 0 radical (unpaired) electrons. The van der Waals surface area contributed by atoms with Crippen LogP contribution in [-0.2, 0) is 0 Å². The Morgan fingerprint density at radius 1 is 1.26 bits per heavy atom. The van der Waals surface area contributed by atoms with Crippen LogP contribution in [0.15, 0.2) is 46.9 Å². The van der Waals surface area contributed by atoms with Crippen LogP contribution in [0.5, 0.6) is 0 Å². The number of benzene rings is 2. The quantitative estimate of drug-likeness (QED) is 0.914. The van der Waals surface area contributed by atoms with Gasteiger partial charge in [-0.2, -0.15) is 5.26 Å². The van der Waals surface area contributed by atoms with E-state index in [4.69, 9.17) is 5.26 Å². The van der Waals surface area contributed by atoms with Crippen LogP contribution in [0.3, 0.4) is 0 Å². The summed E-state index contributed by atoms with van der Waals surface area (Å²) >= 11 is 3.35. The fourth-order valence-corrected chi connectivity index (χ4v) is 2.06. The van der Waals surface area contributed by atoms with Crippen LogP contribution >= 0.6 is 15.9 Å². The normalized spacial score (nSPS) is 9.74. The second kappa shape index (κ2) is 5.68. The van der Waals surface area contributed by atoms with Gasteiger partial charge in [0.15, 0.2) is 0 Å². The topological polar surface area (TPSA) is 52.9 Å². The molecule has 19 heavy (non-hydrogen) atoms. The molecule has 0 fully saturated rings. The Kier molecular flexibility index (Phi) is 3.98. The Labute approximate surface area is 120 Å². The van der Waals surface area contributed by atoms with E-state index in [1.165, 1.54) is 0 Å². The molecule has 0 aromatic heterocycles. The maximum Gasteiger partial charge on any atom is 0.255 e. The highest BCUT2D eigenvalue weighted by Crippen LogP contribution is 2.18. The van der Waals surface area contributed by atoms with Crippen molar-refractivity contribution < 1.29 is 4.79 Å². The fourth-order valence-electron chi connectivity index (χ4n) is 1.70. The number of hydrogen-bond donors (Lipinski definition) is 1. The van der Waals surface area contributed by atoms with Gasteiger partial charge in [0.05, 0.1) is 11.6 Å². The third kappa shape index (κ3) is 3.21. The summed E-state index contributed by atoms with van der Waals surface area (Å²) in [5, 5.41) is 11.6. The number of carbonyl (C=O) groups is 1. The summed E-state index contributed by atoms with van der Waals surface area (Å²) in [4.78, 5) is 12.2. The standard InChI is InChI=1S/C15H11BrN2O/c1-10-5-6-12(16)8-14(10)15(19)18-13-4-2-3-11(7-13)9-17/h2-8H,1H3,(H,18,19). The number of hydrogen-bond acceptors (Lipinski definition) is 2. The first-order valence-electron chi connectivity index (χ1n) is 5.68. The van der Waals surface area contributed by atoms with Gasteiger partial charge in [-0.3, -0.25) is 4.79 Å². The molecule has 1 N–H and O–H groups in total. The molecule has 3 nitrogen and oxygen atoms in total. The molecule has 0 atom stereocenters. The Balaban J connectivity index is 2.26. The zero-order valence-corrected chi connectivity index (χ0v) is 11.9. The van der Waals surface area contributed by atoms with Gasteiger partial charge in [-0.1, -0.05) is 28.1 Å². The zero-order chi connectivity index (χ0) is 13.8. The molecule has 2 aromatic rings. The van der Waals surface area contributed by atoms with Crippen LogP contribution in [0.2, 0.25) is 0 Å². The first-order valence-corrected chi connectivity index (χ1v) is 6.47. The lowest BCUT2D eigenvalue weighted by Gasteiger charge is -2.08. The van der Waals surface area contributed by atoms with Gasteiger partial charge in [0, 0.05) is 15.7 Å². The summed E-state index contributed by atoms with van der Waals surface area (Å²) in [6.45, 7) is 1.88. The van der Waals surface area contributed by atoms with E-state index in [0.29, 0.717) is 16.8 Å². The van der Waals surface area contributed by atoms with Crippen LogP contribution < -0.4 is 5.32 Å². The number of halogens is 1. The molecule has 0 aliphatic carbocycles. The first-order chi connectivity index (χ1) is 9.10. The van der Waals surface area contributed by atoms with Gasteiger partial charge >= 0.3 is 0 Å². The molecular formula is C15H11BrN2O. The number of rotatable bonds is 2. The summed E-state index contributed by atoms with van der Waals surface area (Å²) in [7, 11) is 0. The fraction of sp³-hybridized carbons (Fsp3) is 0.0667. The lowest BCUT2D eigenvalue weighted by molar-refractivity contribution is 0.102. The predicted octanol–water partition coefficient (Wildman–Crippen LogP) is 3.88. The van der Waals surface area contributed by atoms with Crippen molar-refractivity contribution in [3.8, 4) is 6.07 Å². The van der Waals surface area contributed by atoms with Crippen LogP contribution in [0.25, 0.3) is 0 Å². The summed E-state index contributed by atoms with van der Waals surface area (Å²) in [6, 6.07) is 14.4. The van der Waals surface area contributed by atoms with E-state index in [1.54, 1.807) is 30.3 Å². The van der Waals surface area contributed by atoms with Crippen LogP contribution in [0.4, 0.5) is 5.69 Å². The van der Waals surface area contributed by atoms with Gasteiger partial charge in [-0.25, -0.2) is 0 Å². The van der Waals surface area contributed by atoms with Crippen molar-refractivity contribution in [2.75, 3.05) is 5.32 Å². The third-order valence-electron chi connectivity index (χ3n) is 2.69. The molecule has 0 saturated carbocycles. The van der Waals surface area contributed by atoms with Gasteiger partial charge in [-0.05, 0) is 42.8 Å². The van der Waals surface area contributed by atoms with E-state index in [-0.39, 0.29) is 5.91 Å². The molecule has 4 heteroatoms. The first kappa shape index (κ1) is 13.3. The van der Waals surface area contributed by atoms with E-state index in [0.717, 1.165) is 10.0 Å². The maximum atomic E-state index is 12.2. The Hall–Kier alpha value is -2.12. The van der Waals surface area contributed by atoms with Crippen LogP contribution in [0, 0.1) is 18.3 Å². The molecule has 94 valence electrons. The highest BCUT2D eigenvalue weighted by atomic mass is 79.9. The maximum absolute atomic E-state index is 12.2. The van der Waals surface area contributed by atoms with E-state index in [1.807, 2.05) is 25.1 Å². The number of carbonyl (C=O) groups excluding carboxylic acids is 1. The number of nitrogens with zero attached hydrogens (tertiary/aromatic N) is 1. The third-order valence-corrected chi connectivity index (χ3v) is 3.19. The summed E-state index contributed by atoms with van der Waals surface area (Å²) in [6.07, 6.45) is 0. The van der Waals surface area contributed by atoms with Gasteiger partial charge < -0.3 is 5.32 Å². The predicted molar refractivity (Wildman–Crippen MR) is 78.0 cm³/mol. The molecule has 0 aliphatic rings. The Bertz CT molecular complexity index is 674. The average Bonchev–Trinajstić information content (AvgIpc) is 2.41. The highest BCUT2D eigenvalue weighted by Gasteiger charge is 2.10. The molecule has 0 bridgehead atoms. The lowest BCUT2D eigenvalue weighted by atomic mass is 10.1. The number of nitrogens with one attached hydrogen (secondary N) is 1. The van der Waals surface area contributed by atoms with E-state index in [2.05, 4.69) is 21.2 Å². The number of nitriles is 1. The smallest absolute Gasteiger partial charge is 0.255 e. The Morgan fingerprint density at radius 2 is 2.05 bits per heavy atom. The van der Waals surface area contributed by atoms with Crippen molar-refractivity contribution in [1.82, 2.24) is 0 Å². The largest absolute Gasteiger partial charge is 0.322 e. The van der Waals surface area contributed by atoms with Gasteiger partial charge in [0.2, 0.25) is 0 Å². The summed E-state index contributed by atoms with van der Waals surface area (Å²) in [5.41, 5.74) is 2.64. The summed E-state index contributed by atoms with van der Waals surface area (Å²) < 4.78 is 0.856. The molecule has 1 amide bonds. The van der Waals surface area contributed by atoms with E-state index in [9.17, 15) is 4.79 Å². The Morgan fingerprint density at radius 3 is 2.79 bits per heavy atom. The summed E-state index contributed by atoms with van der Waals surface area (Å²) in [5.74, 6) is -0.186. The number of amides is 1. The molecule has 0 spiro atoms. The minimum atomic E-state index is -0.186. The number of anilines is 1.